The summed E-state index contributed by atoms with van der Waals surface area (Å²) in [4.78, 5) is 26.7. The SMILES string of the molecule is CCCCCCCCCCCCCCCCCCCCCC(=O)OC(Oc1cc2c(OC(OC(=O)CCCCCCCCCCCCCCCCCCCCC)c3ccccc3)cccc2cc1CO)c1ccccc1. The number of esters is 2. The zero-order chi connectivity index (χ0) is 53.8. The molecule has 0 spiro atoms. The summed E-state index contributed by atoms with van der Waals surface area (Å²) in [5, 5.41) is 12.1. The average molecular weight is 1050 g/mol. The lowest BCUT2D eigenvalue weighted by atomic mass is 10.0. The van der Waals surface area contributed by atoms with Crippen LogP contribution in [0, 0.1) is 0 Å². The summed E-state index contributed by atoms with van der Waals surface area (Å²) in [7, 11) is 0. The van der Waals surface area contributed by atoms with Crippen molar-refractivity contribution in [3.8, 4) is 11.5 Å². The van der Waals surface area contributed by atoms with Crippen LogP contribution in [0.25, 0.3) is 10.8 Å². The van der Waals surface area contributed by atoms with Crippen molar-refractivity contribution in [2.75, 3.05) is 0 Å². The highest BCUT2D eigenvalue weighted by atomic mass is 16.7. The molecule has 0 aromatic heterocycles. The highest BCUT2D eigenvalue weighted by Gasteiger charge is 2.23. The van der Waals surface area contributed by atoms with E-state index >= 15 is 0 Å². The molecule has 0 aliphatic heterocycles. The van der Waals surface area contributed by atoms with Crippen molar-refractivity contribution in [3.05, 3.63) is 108 Å². The molecule has 4 aromatic carbocycles. The Morgan fingerprint density at radius 1 is 0.368 bits per heavy atom. The van der Waals surface area contributed by atoms with Crippen molar-refractivity contribution in [2.24, 2.45) is 0 Å². The Morgan fingerprint density at radius 3 is 1.01 bits per heavy atom. The van der Waals surface area contributed by atoms with Gasteiger partial charge in [-0.3, -0.25) is 9.59 Å². The molecular weight excluding hydrogens is 941 g/mol. The van der Waals surface area contributed by atoms with Crippen molar-refractivity contribution in [3.63, 3.8) is 0 Å². The Labute approximate surface area is 463 Å². The minimum absolute atomic E-state index is 0.283. The summed E-state index contributed by atoms with van der Waals surface area (Å²) in [5.41, 5.74) is 1.97. The molecule has 0 bridgehead atoms. The third-order valence-corrected chi connectivity index (χ3v) is 15.2. The molecule has 4 aromatic rings. The highest BCUT2D eigenvalue weighted by molar-refractivity contribution is 5.90. The van der Waals surface area contributed by atoms with Gasteiger partial charge in [0.15, 0.2) is 0 Å². The second-order valence-corrected chi connectivity index (χ2v) is 22.0. The van der Waals surface area contributed by atoms with Crippen molar-refractivity contribution >= 4 is 22.7 Å². The van der Waals surface area contributed by atoms with E-state index in [9.17, 15) is 14.7 Å². The van der Waals surface area contributed by atoms with Crippen LogP contribution in [0.5, 0.6) is 11.5 Å². The molecule has 0 radical (unpaired) electrons. The third-order valence-electron chi connectivity index (χ3n) is 15.2. The van der Waals surface area contributed by atoms with Crippen LogP contribution in [-0.2, 0) is 25.7 Å². The first-order chi connectivity index (χ1) is 37.5. The average Bonchev–Trinajstić information content (AvgIpc) is 3.44. The van der Waals surface area contributed by atoms with Gasteiger partial charge in [-0.2, -0.15) is 0 Å². The van der Waals surface area contributed by atoms with Gasteiger partial charge in [0.25, 0.3) is 12.6 Å². The van der Waals surface area contributed by atoms with Crippen LogP contribution < -0.4 is 9.47 Å². The van der Waals surface area contributed by atoms with Gasteiger partial charge in [-0.1, -0.05) is 318 Å². The summed E-state index contributed by atoms with van der Waals surface area (Å²) < 4.78 is 25.3. The molecule has 0 amide bonds. The first-order valence-corrected chi connectivity index (χ1v) is 31.5. The number of hydrogen-bond donors (Lipinski definition) is 1. The second kappa shape index (κ2) is 43.6. The van der Waals surface area contributed by atoms with Gasteiger partial charge >= 0.3 is 11.9 Å². The minimum Gasteiger partial charge on any atom is -0.450 e. The molecule has 424 valence electrons. The van der Waals surface area contributed by atoms with Gasteiger partial charge in [-0.25, -0.2) is 0 Å². The fourth-order valence-electron chi connectivity index (χ4n) is 10.5. The molecule has 0 aliphatic carbocycles. The van der Waals surface area contributed by atoms with E-state index in [0.29, 0.717) is 40.9 Å². The van der Waals surface area contributed by atoms with Crippen LogP contribution in [0.15, 0.2) is 91.0 Å². The van der Waals surface area contributed by atoms with Crippen molar-refractivity contribution in [1.82, 2.24) is 0 Å². The highest BCUT2D eigenvalue weighted by Crippen LogP contribution is 2.37. The smallest absolute Gasteiger partial charge is 0.309 e. The maximum atomic E-state index is 13.4. The van der Waals surface area contributed by atoms with Crippen LogP contribution >= 0.6 is 0 Å². The predicted molar refractivity (Wildman–Crippen MR) is 318 cm³/mol. The number of benzene rings is 4. The maximum Gasteiger partial charge on any atom is 0.309 e. The van der Waals surface area contributed by atoms with E-state index in [-0.39, 0.29) is 18.5 Å². The van der Waals surface area contributed by atoms with E-state index < -0.39 is 12.6 Å². The lowest BCUT2D eigenvalue weighted by Gasteiger charge is -2.23. The molecule has 7 heteroatoms. The quantitative estimate of drug-likeness (QED) is 0.0268. The van der Waals surface area contributed by atoms with E-state index in [4.69, 9.17) is 18.9 Å². The Balaban J connectivity index is 1.18. The Hall–Kier alpha value is -4.36. The number of unbranched alkanes of at least 4 members (excludes halogenated alkanes) is 36. The zero-order valence-electron chi connectivity index (χ0n) is 48.2. The number of ether oxygens (including phenoxy) is 4. The number of fused-ring (bicyclic) bond motifs is 1. The molecule has 76 heavy (non-hydrogen) atoms. The Kier molecular flexibility index (Phi) is 36.8. The number of carbonyl (C=O) groups excluding carboxylic acids is 2. The first-order valence-electron chi connectivity index (χ1n) is 31.5. The number of carbonyl (C=O) groups is 2. The van der Waals surface area contributed by atoms with Crippen LogP contribution in [0.2, 0.25) is 0 Å². The second-order valence-electron chi connectivity index (χ2n) is 22.0. The summed E-state index contributed by atoms with van der Waals surface area (Å²) in [6, 6.07) is 28.4. The minimum atomic E-state index is -1.02. The molecule has 0 heterocycles. The van der Waals surface area contributed by atoms with Crippen molar-refractivity contribution in [1.29, 1.82) is 0 Å². The van der Waals surface area contributed by atoms with Gasteiger partial charge in [0.05, 0.1) is 6.61 Å². The van der Waals surface area contributed by atoms with Crippen LogP contribution in [0.1, 0.15) is 300 Å². The molecule has 0 fully saturated rings. The predicted octanol–water partition coefficient (Wildman–Crippen LogP) is 21.2. The number of hydrogen-bond acceptors (Lipinski definition) is 7. The molecular formula is C69H106O7. The van der Waals surface area contributed by atoms with Gasteiger partial charge in [0.1, 0.15) is 11.5 Å². The number of rotatable bonds is 49. The standard InChI is InChI=1S/C69H106O7/c1-3-5-7-9-11-13-15-17-19-21-23-25-27-29-31-33-35-37-45-54-66(71)75-68(59-48-41-39-42-49-59)73-64-53-47-52-61-56-62(58-70)65(57-63(61)64)74-69(60-50-43-40-44-51-60)76-67(72)55-46-38-36-34-32-30-28-26-24-22-20-18-16-14-12-10-8-6-4-2/h39-44,47-53,56-57,68-70H,3-38,45-46,54-55,58H2,1-2H3. The van der Waals surface area contributed by atoms with Gasteiger partial charge < -0.3 is 24.1 Å². The summed E-state index contributed by atoms with van der Waals surface area (Å²) >= 11 is 0. The van der Waals surface area contributed by atoms with Crippen LogP contribution in [0.3, 0.4) is 0 Å². The molecule has 7 nitrogen and oxygen atoms in total. The summed E-state index contributed by atoms with van der Waals surface area (Å²) in [6.45, 7) is 4.29. The Morgan fingerprint density at radius 2 is 0.684 bits per heavy atom. The number of aliphatic hydroxyl groups excluding tert-OH is 1. The topological polar surface area (TPSA) is 91.3 Å². The monoisotopic (exact) mass is 1050 g/mol. The third kappa shape index (κ3) is 29.4. The first kappa shape index (κ1) is 64.2. The molecule has 4 rings (SSSR count). The van der Waals surface area contributed by atoms with Crippen LogP contribution in [0.4, 0.5) is 0 Å². The van der Waals surface area contributed by atoms with E-state index in [1.807, 2.05) is 91.0 Å². The van der Waals surface area contributed by atoms with Gasteiger partial charge in [0, 0.05) is 34.9 Å². The van der Waals surface area contributed by atoms with Gasteiger partial charge in [-0.15, -0.1) is 0 Å². The normalized spacial score (nSPS) is 12.2. The van der Waals surface area contributed by atoms with Gasteiger partial charge in [0.2, 0.25) is 0 Å². The lowest BCUT2D eigenvalue weighted by Crippen LogP contribution is -2.18. The molecule has 0 saturated heterocycles. The molecule has 0 saturated carbocycles. The fourth-order valence-corrected chi connectivity index (χ4v) is 10.5. The Bertz CT molecular complexity index is 2020. The van der Waals surface area contributed by atoms with Crippen molar-refractivity contribution in [2.45, 2.75) is 290 Å². The van der Waals surface area contributed by atoms with Gasteiger partial charge in [-0.05, 0) is 36.4 Å². The van der Waals surface area contributed by atoms with E-state index in [1.54, 1.807) is 0 Å². The largest absolute Gasteiger partial charge is 0.450 e. The van der Waals surface area contributed by atoms with E-state index in [1.165, 1.54) is 205 Å². The lowest BCUT2D eigenvalue weighted by molar-refractivity contribution is -0.166. The molecule has 0 aliphatic rings. The maximum absolute atomic E-state index is 13.4. The zero-order valence-corrected chi connectivity index (χ0v) is 48.2. The summed E-state index contributed by atoms with van der Waals surface area (Å²) in [6.07, 6.45) is 48.2. The van der Waals surface area contributed by atoms with Crippen LogP contribution in [-0.4, -0.2) is 17.0 Å². The molecule has 1 N–H and O–H groups in total. The molecule has 2 atom stereocenters. The van der Waals surface area contributed by atoms with E-state index in [2.05, 4.69) is 13.8 Å². The number of aliphatic hydroxyl groups is 1. The fraction of sp³-hybridized carbons (Fsp3) is 0.652. The molecule has 2 unspecified atom stereocenters. The van der Waals surface area contributed by atoms with E-state index in [0.717, 1.165) is 49.5 Å². The van der Waals surface area contributed by atoms with Crippen molar-refractivity contribution < 1.29 is 33.6 Å². The summed E-state index contributed by atoms with van der Waals surface area (Å²) in [5.74, 6) is 0.257.